The smallest absolute Gasteiger partial charge is 0.305 e. The maximum atomic E-state index is 12.5. The zero-order chi connectivity index (χ0) is 45.8. The molecule has 0 spiro atoms. The van der Waals surface area contributed by atoms with Crippen LogP contribution in [0.2, 0.25) is 0 Å². The van der Waals surface area contributed by atoms with Gasteiger partial charge in [0, 0.05) is 12.8 Å². The fourth-order valence-corrected chi connectivity index (χ4v) is 8.67. The maximum Gasteiger partial charge on any atom is 0.305 e. The first-order valence-corrected chi connectivity index (χ1v) is 28.1. The number of nitrogens with one attached hydrogen (secondary N) is 1. The van der Waals surface area contributed by atoms with Crippen molar-refractivity contribution in [3.63, 3.8) is 0 Å². The Kier molecular flexibility index (Phi) is 51.6. The minimum Gasteiger partial charge on any atom is -0.466 e. The minimum absolute atomic E-state index is 0.00796. The number of carbonyl (C=O) groups is 2. The quantitative estimate of drug-likeness (QED) is 0.0321. The molecule has 0 saturated carbocycles. The fourth-order valence-electron chi connectivity index (χ4n) is 8.67. The van der Waals surface area contributed by atoms with Crippen molar-refractivity contribution < 1.29 is 24.5 Å². The predicted octanol–water partition coefficient (Wildman–Crippen LogP) is 17.1. The van der Waals surface area contributed by atoms with E-state index >= 15 is 0 Å². The summed E-state index contributed by atoms with van der Waals surface area (Å²) in [7, 11) is 0. The van der Waals surface area contributed by atoms with Crippen LogP contribution < -0.4 is 5.32 Å². The Morgan fingerprint density at radius 3 is 1.22 bits per heavy atom. The molecule has 0 rings (SSSR count). The van der Waals surface area contributed by atoms with Crippen LogP contribution in [0.4, 0.5) is 0 Å². The van der Waals surface area contributed by atoms with Crippen LogP contribution in [0.15, 0.2) is 24.3 Å². The molecule has 0 aromatic rings. The normalized spacial score (nSPS) is 12.8. The van der Waals surface area contributed by atoms with Gasteiger partial charge in [0.25, 0.3) is 0 Å². The molecule has 0 aliphatic carbocycles. The van der Waals surface area contributed by atoms with Crippen molar-refractivity contribution in [2.75, 3.05) is 13.2 Å². The number of amides is 1. The van der Waals surface area contributed by atoms with Gasteiger partial charge in [0.2, 0.25) is 5.91 Å². The Morgan fingerprint density at radius 2 is 0.794 bits per heavy atom. The van der Waals surface area contributed by atoms with Crippen molar-refractivity contribution >= 4 is 11.9 Å². The number of allylic oxidation sites excluding steroid dienone is 4. The number of carbonyl (C=O) groups excluding carboxylic acids is 2. The first kappa shape index (κ1) is 61.3. The molecule has 0 aliphatic heterocycles. The highest BCUT2D eigenvalue weighted by atomic mass is 16.5. The highest BCUT2D eigenvalue weighted by Crippen LogP contribution is 2.17. The zero-order valence-corrected chi connectivity index (χ0v) is 42.3. The van der Waals surface area contributed by atoms with Crippen LogP contribution in [-0.2, 0) is 14.3 Å². The van der Waals surface area contributed by atoms with E-state index in [0.717, 1.165) is 51.4 Å². The first-order valence-electron chi connectivity index (χ1n) is 28.1. The summed E-state index contributed by atoms with van der Waals surface area (Å²) in [6, 6.07) is -0.545. The molecule has 372 valence electrons. The molecule has 2 atom stereocenters. The Morgan fingerprint density at radius 1 is 0.444 bits per heavy atom. The van der Waals surface area contributed by atoms with E-state index in [1.807, 2.05) is 0 Å². The molecule has 3 N–H and O–H groups in total. The number of rotatable bonds is 52. The van der Waals surface area contributed by atoms with Crippen LogP contribution in [0.25, 0.3) is 0 Å². The number of esters is 1. The van der Waals surface area contributed by atoms with Crippen molar-refractivity contribution in [3.8, 4) is 0 Å². The Bertz CT molecular complexity index is 982. The Hall–Kier alpha value is -1.66. The number of aliphatic hydroxyl groups is 2. The van der Waals surface area contributed by atoms with E-state index in [1.54, 1.807) is 0 Å². The average molecular weight is 889 g/mol. The van der Waals surface area contributed by atoms with Crippen LogP contribution in [-0.4, -0.2) is 47.4 Å². The van der Waals surface area contributed by atoms with Crippen LogP contribution in [0.3, 0.4) is 0 Å². The second-order valence-corrected chi connectivity index (χ2v) is 19.3. The van der Waals surface area contributed by atoms with Gasteiger partial charge in [0.1, 0.15) is 0 Å². The third-order valence-corrected chi connectivity index (χ3v) is 13.0. The van der Waals surface area contributed by atoms with Gasteiger partial charge in [0.05, 0.1) is 25.4 Å². The second-order valence-electron chi connectivity index (χ2n) is 19.3. The average Bonchev–Trinajstić information content (AvgIpc) is 3.28. The molecular formula is C57H109NO5. The van der Waals surface area contributed by atoms with Crippen molar-refractivity contribution in [1.29, 1.82) is 0 Å². The standard InChI is InChI=1S/C57H109NO5/c1-3-5-7-9-11-13-15-17-18-23-27-31-35-39-43-47-51-57(62)63-52-48-44-40-36-32-28-24-21-19-20-22-26-30-34-38-42-46-50-56(61)58-54(53-59)55(60)49-45-41-37-33-29-25-16-14-12-10-8-6-4-2/h13,15,18,23,54-55,59-60H,3-12,14,16-17,19-22,24-53H2,1-2H3,(H,58,61)/b15-13-,23-18-. The van der Waals surface area contributed by atoms with Gasteiger partial charge >= 0.3 is 5.97 Å². The summed E-state index contributed by atoms with van der Waals surface area (Å²) in [5.41, 5.74) is 0. The molecule has 0 aromatic carbocycles. The van der Waals surface area contributed by atoms with Gasteiger partial charge in [-0.15, -0.1) is 0 Å². The number of hydrogen-bond acceptors (Lipinski definition) is 5. The molecule has 0 bridgehead atoms. The predicted molar refractivity (Wildman–Crippen MR) is 273 cm³/mol. The van der Waals surface area contributed by atoms with Gasteiger partial charge < -0.3 is 20.3 Å². The highest BCUT2D eigenvalue weighted by molar-refractivity contribution is 5.76. The van der Waals surface area contributed by atoms with Crippen molar-refractivity contribution in [2.45, 2.75) is 315 Å². The molecular weight excluding hydrogens is 779 g/mol. The summed E-state index contributed by atoms with van der Waals surface area (Å²) in [5, 5.41) is 23.2. The molecule has 0 heterocycles. The van der Waals surface area contributed by atoms with Gasteiger partial charge in [-0.05, 0) is 57.8 Å². The summed E-state index contributed by atoms with van der Waals surface area (Å²) in [4.78, 5) is 24.5. The van der Waals surface area contributed by atoms with E-state index in [9.17, 15) is 19.8 Å². The molecule has 0 fully saturated rings. The lowest BCUT2D eigenvalue weighted by Gasteiger charge is -2.22. The van der Waals surface area contributed by atoms with Gasteiger partial charge in [-0.25, -0.2) is 0 Å². The molecule has 63 heavy (non-hydrogen) atoms. The number of hydrogen-bond donors (Lipinski definition) is 3. The third-order valence-electron chi connectivity index (χ3n) is 13.0. The van der Waals surface area contributed by atoms with Crippen LogP contribution in [0.1, 0.15) is 303 Å². The molecule has 6 nitrogen and oxygen atoms in total. The maximum absolute atomic E-state index is 12.5. The summed E-state index contributed by atoms with van der Waals surface area (Å²) in [6.07, 6.45) is 63.0. The van der Waals surface area contributed by atoms with E-state index in [0.29, 0.717) is 25.9 Å². The van der Waals surface area contributed by atoms with Crippen molar-refractivity contribution in [1.82, 2.24) is 5.32 Å². The lowest BCUT2D eigenvalue weighted by molar-refractivity contribution is -0.143. The van der Waals surface area contributed by atoms with E-state index in [4.69, 9.17) is 4.74 Å². The summed E-state index contributed by atoms with van der Waals surface area (Å²) < 4.78 is 5.47. The first-order chi connectivity index (χ1) is 31.0. The third kappa shape index (κ3) is 49.6. The van der Waals surface area contributed by atoms with E-state index in [1.165, 1.54) is 218 Å². The molecule has 1 amide bonds. The molecule has 0 saturated heterocycles. The fraction of sp³-hybridized carbons (Fsp3) is 0.895. The molecule has 0 aromatic heterocycles. The zero-order valence-electron chi connectivity index (χ0n) is 42.3. The van der Waals surface area contributed by atoms with Crippen LogP contribution in [0.5, 0.6) is 0 Å². The van der Waals surface area contributed by atoms with E-state index < -0.39 is 12.1 Å². The van der Waals surface area contributed by atoms with E-state index in [2.05, 4.69) is 43.5 Å². The molecule has 0 aliphatic rings. The van der Waals surface area contributed by atoms with Crippen molar-refractivity contribution in [2.24, 2.45) is 0 Å². The van der Waals surface area contributed by atoms with Crippen LogP contribution >= 0.6 is 0 Å². The lowest BCUT2D eigenvalue weighted by atomic mass is 10.0. The number of ether oxygens (including phenoxy) is 1. The number of unbranched alkanes of at least 4 members (excludes halogenated alkanes) is 37. The van der Waals surface area contributed by atoms with Gasteiger partial charge in [-0.2, -0.15) is 0 Å². The lowest BCUT2D eigenvalue weighted by Crippen LogP contribution is -2.45. The molecule has 6 heteroatoms. The highest BCUT2D eigenvalue weighted by Gasteiger charge is 2.20. The van der Waals surface area contributed by atoms with Gasteiger partial charge in [-0.1, -0.05) is 256 Å². The number of aliphatic hydroxyl groups excluding tert-OH is 2. The minimum atomic E-state index is -0.667. The molecule has 2 unspecified atom stereocenters. The monoisotopic (exact) mass is 888 g/mol. The van der Waals surface area contributed by atoms with Crippen LogP contribution in [0, 0.1) is 0 Å². The largest absolute Gasteiger partial charge is 0.466 e. The SMILES string of the molecule is CCCCCC/C=C\C/C=C\CCCCCCCC(=O)OCCCCCCCCCCCCCCCCCCCC(=O)NC(CO)C(O)CCCCCCCCCCCCCCC. The Balaban J connectivity index is 3.41. The summed E-state index contributed by atoms with van der Waals surface area (Å²) in [5.74, 6) is -0.0483. The van der Waals surface area contributed by atoms with E-state index in [-0.39, 0.29) is 18.5 Å². The molecule has 0 radical (unpaired) electrons. The second kappa shape index (κ2) is 53.0. The van der Waals surface area contributed by atoms with Crippen molar-refractivity contribution in [3.05, 3.63) is 24.3 Å². The Labute approximate surface area is 392 Å². The van der Waals surface area contributed by atoms with Gasteiger partial charge in [-0.3, -0.25) is 9.59 Å². The topological polar surface area (TPSA) is 95.9 Å². The summed E-state index contributed by atoms with van der Waals surface area (Å²) >= 11 is 0. The summed E-state index contributed by atoms with van der Waals surface area (Å²) in [6.45, 7) is 4.92. The van der Waals surface area contributed by atoms with Gasteiger partial charge in [0.15, 0.2) is 0 Å².